The van der Waals surface area contributed by atoms with Crippen LogP contribution in [0, 0.1) is 0 Å². The lowest BCUT2D eigenvalue weighted by Gasteiger charge is -2.24. The minimum absolute atomic E-state index is 0.135. The predicted octanol–water partition coefficient (Wildman–Crippen LogP) is 4.46. The van der Waals surface area contributed by atoms with Crippen molar-refractivity contribution < 1.29 is 14.3 Å². The van der Waals surface area contributed by atoms with Crippen molar-refractivity contribution in [2.75, 3.05) is 12.0 Å². The van der Waals surface area contributed by atoms with Crippen LogP contribution in [-0.2, 0) is 20.9 Å². The van der Waals surface area contributed by atoms with E-state index in [9.17, 15) is 9.59 Å². The molecule has 0 aliphatic heterocycles. The topological polar surface area (TPSA) is 46.6 Å². The Morgan fingerprint density at radius 2 is 1.70 bits per heavy atom. The molecule has 0 radical (unpaired) electrons. The lowest BCUT2D eigenvalue weighted by molar-refractivity contribution is -0.151. The summed E-state index contributed by atoms with van der Waals surface area (Å²) in [7, 11) is 1.14. The summed E-state index contributed by atoms with van der Waals surface area (Å²) >= 11 is 15.7. The van der Waals surface area contributed by atoms with Crippen molar-refractivity contribution in [3.05, 3.63) is 62.5 Å². The van der Waals surface area contributed by atoms with E-state index in [0.29, 0.717) is 4.47 Å². The van der Waals surface area contributed by atoms with Crippen LogP contribution in [0.4, 0.5) is 5.69 Å². The van der Waals surface area contributed by atoms with Gasteiger partial charge in [-0.15, -0.1) is 0 Å². The van der Waals surface area contributed by atoms with Crippen LogP contribution in [0.25, 0.3) is 0 Å². The number of hydrogen-bond acceptors (Lipinski definition) is 3. The normalized spacial score (nSPS) is 10.3. The lowest BCUT2D eigenvalue weighted by Crippen LogP contribution is -2.37. The third kappa shape index (κ3) is 4.25. The number of methoxy groups -OCH3 is 1. The van der Waals surface area contributed by atoms with E-state index in [1.165, 1.54) is 4.90 Å². The number of esters is 1. The van der Waals surface area contributed by atoms with Crippen molar-refractivity contribution in [2.24, 2.45) is 0 Å². The summed E-state index contributed by atoms with van der Waals surface area (Å²) in [5.74, 6) is -1.83. The molecule has 120 valence electrons. The molecule has 23 heavy (non-hydrogen) atoms. The van der Waals surface area contributed by atoms with Gasteiger partial charge in [0, 0.05) is 4.47 Å². The van der Waals surface area contributed by atoms with Gasteiger partial charge in [-0.3, -0.25) is 9.69 Å². The molecule has 0 heterocycles. The maximum atomic E-state index is 12.4. The molecule has 0 spiro atoms. The van der Waals surface area contributed by atoms with E-state index in [1.807, 2.05) is 30.3 Å². The van der Waals surface area contributed by atoms with Crippen LogP contribution in [0.3, 0.4) is 0 Å². The average molecular weight is 417 g/mol. The first-order valence-electron chi connectivity index (χ1n) is 6.52. The molecule has 7 heteroatoms. The second-order valence-corrected chi connectivity index (χ2v) is 6.32. The molecule has 2 rings (SSSR count). The first-order chi connectivity index (χ1) is 10.9. The summed E-state index contributed by atoms with van der Waals surface area (Å²) in [5.41, 5.74) is 1.08. The lowest BCUT2D eigenvalue weighted by atomic mass is 10.2. The van der Waals surface area contributed by atoms with E-state index < -0.39 is 11.9 Å². The van der Waals surface area contributed by atoms with E-state index in [2.05, 4.69) is 20.7 Å². The smallest absolute Gasteiger partial charge is 0.397 e. The Balaban J connectivity index is 2.50. The number of ether oxygens (including phenoxy) is 1. The zero-order chi connectivity index (χ0) is 17.0. The minimum Gasteiger partial charge on any atom is -0.462 e. The van der Waals surface area contributed by atoms with E-state index in [4.69, 9.17) is 23.2 Å². The van der Waals surface area contributed by atoms with Crippen LogP contribution in [0.5, 0.6) is 0 Å². The summed E-state index contributed by atoms with van der Waals surface area (Å²) in [5, 5.41) is 0.495. The molecule has 1 amide bonds. The Morgan fingerprint density at radius 1 is 1.13 bits per heavy atom. The van der Waals surface area contributed by atoms with Gasteiger partial charge in [-0.05, 0) is 17.7 Å². The number of benzene rings is 2. The Labute approximate surface area is 152 Å². The largest absolute Gasteiger partial charge is 0.462 e. The molecular formula is C16H12BrCl2NO3. The van der Waals surface area contributed by atoms with Gasteiger partial charge in [-0.2, -0.15) is 0 Å². The average Bonchev–Trinajstić information content (AvgIpc) is 2.52. The van der Waals surface area contributed by atoms with Crippen LogP contribution in [0.1, 0.15) is 5.56 Å². The Hall–Kier alpha value is -1.56. The minimum atomic E-state index is -0.990. The van der Waals surface area contributed by atoms with E-state index in [-0.39, 0.29) is 22.3 Å². The Kier molecular flexibility index (Phi) is 6.04. The van der Waals surface area contributed by atoms with Crippen molar-refractivity contribution in [2.45, 2.75) is 6.54 Å². The van der Waals surface area contributed by atoms with E-state index >= 15 is 0 Å². The highest BCUT2D eigenvalue weighted by Gasteiger charge is 2.28. The zero-order valence-corrected chi connectivity index (χ0v) is 15.2. The number of rotatable bonds is 3. The summed E-state index contributed by atoms with van der Waals surface area (Å²) in [6, 6.07) is 12.4. The first-order valence-corrected chi connectivity index (χ1v) is 8.07. The molecule has 0 unspecified atom stereocenters. The second-order valence-electron chi connectivity index (χ2n) is 4.59. The summed E-state index contributed by atoms with van der Waals surface area (Å²) < 4.78 is 5.20. The number of hydrogen-bond donors (Lipinski definition) is 0. The van der Waals surface area contributed by atoms with Crippen molar-refractivity contribution in [3.63, 3.8) is 0 Å². The molecule has 0 saturated heterocycles. The molecule has 0 bridgehead atoms. The summed E-state index contributed by atoms with van der Waals surface area (Å²) in [6.45, 7) is 0.135. The molecule has 2 aromatic rings. The van der Waals surface area contributed by atoms with Gasteiger partial charge in [0.15, 0.2) is 0 Å². The maximum Gasteiger partial charge on any atom is 0.397 e. The van der Waals surface area contributed by atoms with Gasteiger partial charge in [0.05, 0.1) is 29.4 Å². The van der Waals surface area contributed by atoms with Crippen molar-refractivity contribution in [3.8, 4) is 0 Å². The van der Waals surface area contributed by atoms with Gasteiger partial charge < -0.3 is 4.74 Å². The van der Waals surface area contributed by atoms with Crippen LogP contribution >= 0.6 is 39.1 Å². The third-order valence-electron chi connectivity index (χ3n) is 3.04. The van der Waals surface area contributed by atoms with Crippen molar-refractivity contribution in [1.29, 1.82) is 0 Å². The zero-order valence-electron chi connectivity index (χ0n) is 12.1. The third-order valence-corrected chi connectivity index (χ3v) is 4.07. The molecule has 0 aromatic heterocycles. The first kappa shape index (κ1) is 17.8. The highest BCUT2D eigenvalue weighted by molar-refractivity contribution is 9.10. The number of nitrogens with zero attached hydrogens (tertiary/aromatic N) is 1. The number of amides is 1. The summed E-state index contributed by atoms with van der Waals surface area (Å²) in [4.78, 5) is 25.3. The van der Waals surface area contributed by atoms with E-state index in [1.54, 1.807) is 12.1 Å². The van der Waals surface area contributed by atoms with Gasteiger partial charge in [0.25, 0.3) is 0 Å². The molecule has 4 nitrogen and oxygen atoms in total. The van der Waals surface area contributed by atoms with Crippen LogP contribution < -0.4 is 4.90 Å². The van der Waals surface area contributed by atoms with Gasteiger partial charge in [-0.1, -0.05) is 69.5 Å². The van der Waals surface area contributed by atoms with Gasteiger partial charge in [0.1, 0.15) is 0 Å². The molecule has 0 aliphatic rings. The molecule has 0 aliphatic carbocycles. The number of halogens is 3. The van der Waals surface area contributed by atoms with Gasteiger partial charge in [-0.25, -0.2) is 4.79 Å². The fourth-order valence-electron chi connectivity index (χ4n) is 2.01. The van der Waals surface area contributed by atoms with Crippen molar-refractivity contribution in [1.82, 2.24) is 0 Å². The van der Waals surface area contributed by atoms with Crippen LogP contribution in [-0.4, -0.2) is 19.0 Å². The highest BCUT2D eigenvalue weighted by atomic mass is 79.9. The monoisotopic (exact) mass is 415 g/mol. The molecule has 0 atom stereocenters. The Morgan fingerprint density at radius 3 is 2.22 bits per heavy atom. The highest BCUT2D eigenvalue weighted by Crippen LogP contribution is 2.37. The second kappa shape index (κ2) is 7.81. The Bertz CT molecular complexity index is 714. The standard InChI is InChI=1S/C16H12BrCl2NO3/c1-23-16(22)15(21)20(9-10-5-3-2-4-6-10)14-12(18)7-11(17)8-13(14)19/h2-8H,9H2,1H3. The van der Waals surface area contributed by atoms with E-state index in [0.717, 1.165) is 12.7 Å². The molecule has 0 fully saturated rings. The maximum absolute atomic E-state index is 12.4. The predicted molar refractivity (Wildman–Crippen MR) is 93.8 cm³/mol. The molecule has 0 saturated carbocycles. The molecule has 0 N–H and O–H groups in total. The SMILES string of the molecule is COC(=O)C(=O)N(Cc1ccccc1)c1c(Cl)cc(Br)cc1Cl. The molecule has 2 aromatic carbocycles. The quantitative estimate of drug-likeness (QED) is 0.548. The molecular weight excluding hydrogens is 405 g/mol. The number of anilines is 1. The fraction of sp³-hybridized carbons (Fsp3) is 0.125. The van der Waals surface area contributed by atoms with Gasteiger partial charge in [0.2, 0.25) is 0 Å². The van der Waals surface area contributed by atoms with Crippen LogP contribution in [0.2, 0.25) is 10.0 Å². The number of carbonyl (C=O) groups excluding carboxylic acids is 2. The summed E-state index contributed by atoms with van der Waals surface area (Å²) in [6.07, 6.45) is 0. The number of carbonyl (C=O) groups is 2. The fourth-order valence-corrected chi connectivity index (χ4v) is 3.42. The van der Waals surface area contributed by atoms with Crippen molar-refractivity contribution >= 4 is 56.7 Å². The van der Waals surface area contributed by atoms with Gasteiger partial charge >= 0.3 is 11.9 Å². The van der Waals surface area contributed by atoms with Crippen LogP contribution in [0.15, 0.2) is 46.9 Å².